The third-order valence-electron chi connectivity index (χ3n) is 3.13. The summed E-state index contributed by atoms with van der Waals surface area (Å²) in [5.41, 5.74) is 1.71. The zero-order valence-electron chi connectivity index (χ0n) is 11.4. The van der Waals surface area contributed by atoms with Crippen LogP contribution in [0.2, 0.25) is 5.02 Å². The number of hydrogen-bond donors (Lipinski definition) is 1. The average molecular weight is 283 g/mol. The van der Waals surface area contributed by atoms with Gasteiger partial charge in [-0.05, 0) is 38.5 Å². The molecular weight excluding hydrogens is 264 g/mol. The molecule has 0 unspecified atom stereocenters. The molecule has 1 saturated heterocycles. The highest BCUT2D eigenvalue weighted by molar-refractivity contribution is 6.31. The molecule has 0 aromatic heterocycles. The van der Waals surface area contributed by atoms with E-state index in [1.165, 1.54) is 0 Å². The van der Waals surface area contributed by atoms with Gasteiger partial charge in [-0.25, -0.2) is 4.79 Å². The molecular formula is C14H19ClN2O2. The summed E-state index contributed by atoms with van der Waals surface area (Å²) in [4.78, 5) is 13.9. The Morgan fingerprint density at radius 2 is 2.00 bits per heavy atom. The Bertz CT molecular complexity index is 469. The fourth-order valence-electron chi connectivity index (χ4n) is 2.22. The first-order chi connectivity index (χ1) is 8.95. The van der Waals surface area contributed by atoms with Crippen molar-refractivity contribution in [1.82, 2.24) is 4.90 Å². The predicted octanol–water partition coefficient (Wildman–Crippen LogP) is 3.29. The lowest BCUT2D eigenvalue weighted by Gasteiger charge is -2.35. The lowest BCUT2D eigenvalue weighted by Crippen LogP contribution is -2.49. The SMILES string of the molecule is Cc1ccc(NC(=O)N2C[C@H](C)O[C@@H](C)C2)cc1Cl. The van der Waals surface area contributed by atoms with E-state index in [9.17, 15) is 4.79 Å². The second-order valence-corrected chi connectivity index (χ2v) is 5.46. The van der Waals surface area contributed by atoms with E-state index in [-0.39, 0.29) is 18.2 Å². The molecule has 19 heavy (non-hydrogen) atoms. The summed E-state index contributed by atoms with van der Waals surface area (Å²) in [5, 5.41) is 3.52. The smallest absolute Gasteiger partial charge is 0.322 e. The monoisotopic (exact) mass is 282 g/mol. The minimum absolute atomic E-state index is 0.0658. The minimum Gasteiger partial charge on any atom is -0.372 e. The van der Waals surface area contributed by atoms with Gasteiger partial charge in [-0.15, -0.1) is 0 Å². The normalized spacial score (nSPS) is 23.3. The molecule has 2 amide bonds. The highest BCUT2D eigenvalue weighted by Gasteiger charge is 2.25. The van der Waals surface area contributed by atoms with Crippen LogP contribution < -0.4 is 5.32 Å². The largest absolute Gasteiger partial charge is 0.372 e. The fraction of sp³-hybridized carbons (Fsp3) is 0.500. The lowest BCUT2D eigenvalue weighted by atomic mass is 10.2. The van der Waals surface area contributed by atoms with Crippen LogP contribution in [0.5, 0.6) is 0 Å². The van der Waals surface area contributed by atoms with Gasteiger partial charge < -0.3 is 15.0 Å². The van der Waals surface area contributed by atoms with Gasteiger partial charge in [0.25, 0.3) is 0 Å². The van der Waals surface area contributed by atoms with E-state index in [0.29, 0.717) is 23.8 Å². The Morgan fingerprint density at radius 1 is 1.37 bits per heavy atom. The second kappa shape index (κ2) is 5.80. The molecule has 1 heterocycles. The first kappa shape index (κ1) is 14.2. The maximum Gasteiger partial charge on any atom is 0.322 e. The van der Waals surface area contributed by atoms with Crippen molar-refractivity contribution in [2.45, 2.75) is 33.0 Å². The van der Waals surface area contributed by atoms with E-state index in [4.69, 9.17) is 16.3 Å². The van der Waals surface area contributed by atoms with Gasteiger partial charge in [0, 0.05) is 23.8 Å². The number of aryl methyl sites for hydroxylation is 1. The molecule has 1 N–H and O–H groups in total. The number of carbonyl (C=O) groups is 1. The molecule has 1 aromatic carbocycles. The van der Waals surface area contributed by atoms with E-state index in [0.717, 1.165) is 5.56 Å². The number of benzene rings is 1. The number of nitrogens with one attached hydrogen (secondary N) is 1. The number of nitrogens with zero attached hydrogens (tertiary/aromatic N) is 1. The summed E-state index contributed by atoms with van der Waals surface area (Å²) in [6.07, 6.45) is 0.132. The summed E-state index contributed by atoms with van der Waals surface area (Å²) in [6, 6.07) is 5.40. The molecule has 2 atom stereocenters. The molecule has 0 bridgehead atoms. The van der Waals surface area contributed by atoms with Gasteiger partial charge in [0.1, 0.15) is 0 Å². The molecule has 4 nitrogen and oxygen atoms in total. The summed E-state index contributed by atoms with van der Waals surface area (Å²) in [6.45, 7) is 7.09. The Hall–Kier alpha value is -1.26. The van der Waals surface area contributed by atoms with Crippen molar-refractivity contribution in [2.24, 2.45) is 0 Å². The van der Waals surface area contributed by atoms with Gasteiger partial charge in [-0.3, -0.25) is 0 Å². The van der Waals surface area contributed by atoms with Crippen molar-refractivity contribution in [2.75, 3.05) is 18.4 Å². The van der Waals surface area contributed by atoms with E-state index in [1.54, 1.807) is 11.0 Å². The van der Waals surface area contributed by atoms with Gasteiger partial charge in [0.2, 0.25) is 0 Å². The number of morpholine rings is 1. The number of anilines is 1. The van der Waals surface area contributed by atoms with E-state index in [2.05, 4.69) is 5.32 Å². The van der Waals surface area contributed by atoms with Crippen LogP contribution in [0.4, 0.5) is 10.5 Å². The van der Waals surface area contributed by atoms with Crippen molar-refractivity contribution in [1.29, 1.82) is 0 Å². The van der Waals surface area contributed by atoms with Gasteiger partial charge >= 0.3 is 6.03 Å². The Kier molecular flexibility index (Phi) is 4.32. The molecule has 1 aliphatic rings. The Morgan fingerprint density at radius 3 is 2.58 bits per heavy atom. The summed E-state index contributed by atoms with van der Waals surface area (Å²) < 4.78 is 5.61. The van der Waals surface area contributed by atoms with Crippen LogP contribution in [0.15, 0.2) is 18.2 Å². The zero-order valence-corrected chi connectivity index (χ0v) is 12.2. The first-order valence-electron chi connectivity index (χ1n) is 6.43. The summed E-state index contributed by atoms with van der Waals surface area (Å²) in [7, 11) is 0. The lowest BCUT2D eigenvalue weighted by molar-refractivity contribution is -0.0530. The number of halogens is 1. The van der Waals surface area contributed by atoms with E-state index in [1.807, 2.05) is 32.9 Å². The van der Waals surface area contributed by atoms with E-state index < -0.39 is 0 Å². The van der Waals surface area contributed by atoms with Gasteiger partial charge in [-0.1, -0.05) is 17.7 Å². The van der Waals surface area contributed by atoms with Crippen molar-refractivity contribution >= 4 is 23.3 Å². The van der Waals surface area contributed by atoms with Crippen LogP contribution >= 0.6 is 11.6 Å². The highest BCUT2D eigenvalue weighted by atomic mass is 35.5. The van der Waals surface area contributed by atoms with E-state index >= 15 is 0 Å². The van der Waals surface area contributed by atoms with Crippen molar-refractivity contribution in [3.05, 3.63) is 28.8 Å². The maximum atomic E-state index is 12.2. The fourth-order valence-corrected chi connectivity index (χ4v) is 2.40. The second-order valence-electron chi connectivity index (χ2n) is 5.06. The zero-order chi connectivity index (χ0) is 14.0. The Balaban J connectivity index is 2.02. The third-order valence-corrected chi connectivity index (χ3v) is 3.54. The summed E-state index contributed by atoms with van der Waals surface area (Å²) >= 11 is 6.04. The number of carbonyl (C=O) groups excluding carboxylic acids is 1. The average Bonchev–Trinajstić information content (AvgIpc) is 2.32. The van der Waals surface area contributed by atoms with Crippen LogP contribution in [0.25, 0.3) is 0 Å². The minimum atomic E-state index is -0.109. The van der Waals surface area contributed by atoms with Crippen LogP contribution in [0.1, 0.15) is 19.4 Å². The highest BCUT2D eigenvalue weighted by Crippen LogP contribution is 2.20. The molecule has 0 radical (unpaired) electrons. The van der Waals surface area contributed by atoms with Gasteiger partial charge in [0.15, 0.2) is 0 Å². The Labute approximate surface area is 118 Å². The van der Waals surface area contributed by atoms with Crippen molar-refractivity contribution in [3.63, 3.8) is 0 Å². The molecule has 0 saturated carbocycles. The predicted molar refractivity (Wildman–Crippen MR) is 76.8 cm³/mol. The number of amides is 2. The molecule has 0 spiro atoms. The molecule has 1 aromatic rings. The van der Waals surface area contributed by atoms with Crippen LogP contribution in [-0.2, 0) is 4.74 Å². The molecule has 104 valence electrons. The topological polar surface area (TPSA) is 41.6 Å². The third kappa shape index (κ3) is 3.61. The summed E-state index contributed by atoms with van der Waals surface area (Å²) in [5.74, 6) is 0. The first-order valence-corrected chi connectivity index (χ1v) is 6.81. The van der Waals surface area contributed by atoms with Crippen LogP contribution in [0, 0.1) is 6.92 Å². The number of ether oxygens (including phenoxy) is 1. The van der Waals surface area contributed by atoms with Gasteiger partial charge in [0.05, 0.1) is 12.2 Å². The molecule has 2 rings (SSSR count). The maximum absolute atomic E-state index is 12.2. The molecule has 1 aliphatic heterocycles. The molecule has 0 aliphatic carbocycles. The molecule has 1 fully saturated rings. The molecule has 5 heteroatoms. The van der Waals surface area contributed by atoms with Crippen LogP contribution in [-0.4, -0.2) is 36.2 Å². The number of rotatable bonds is 1. The standard InChI is InChI=1S/C14H19ClN2O2/c1-9-4-5-12(6-13(9)15)16-14(18)17-7-10(2)19-11(3)8-17/h4-6,10-11H,7-8H2,1-3H3,(H,16,18)/t10-,11-/m0/s1. The van der Waals surface area contributed by atoms with Crippen LogP contribution in [0.3, 0.4) is 0 Å². The number of hydrogen-bond acceptors (Lipinski definition) is 2. The van der Waals surface area contributed by atoms with Crippen molar-refractivity contribution < 1.29 is 9.53 Å². The quantitative estimate of drug-likeness (QED) is 0.859. The van der Waals surface area contributed by atoms with Gasteiger partial charge in [-0.2, -0.15) is 0 Å². The van der Waals surface area contributed by atoms with Crippen molar-refractivity contribution in [3.8, 4) is 0 Å². The number of urea groups is 1.